The molecule has 0 spiro atoms. The first-order valence-corrected chi connectivity index (χ1v) is 13.9. The summed E-state index contributed by atoms with van der Waals surface area (Å²) in [6.07, 6.45) is 4.46. The van der Waals surface area contributed by atoms with E-state index in [1.54, 1.807) is 0 Å². The summed E-state index contributed by atoms with van der Waals surface area (Å²) < 4.78 is 8.62. The van der Waals surface area contributed by atoms with Gasteiger partial charge >= 0.3 is 0 Å². The summed E-state index contributed by atoms with van der Waals surface area (Å²) in [5, 5.41) is 16.3. The van der Waals surface area contributed by atoms with Crippen molar-refractivity contribution in [3.05, 3.63) is 125 Å². The van der Waals surface area contributed by atoms with Crippen molar-refractivity contribution < 1.29 is 4.74 Å². The largest absolute Gasteiger partial charge is 0.469 e. The second kappa shape index (κ2) is 11.7. The highest BCUT2D eigenvalue weighted by Gasteiger charge is 2.29. The van der Waals surface area contributed by atoms with Gasteiger partial charge < -0.3 is 19.9 Å². The fourth-order valence-electron chi connectivity index (χ4n) is 5.37. The van der Waals surface area contributed by atoms with Gasteiger partial charge in [-0.05, 0) is 80.4 Å². The van der Waals surface area contributed by atoms with Crippen molar-refractivity contribution in [3.8, 4) is 28.9 Å². The van der Waals surface area contributed by atoms with Gasteiger partial charge in [0.15, 0.2) is 0 Å². The number of ether oxygens (including phenoxy) is 1. The van der Waals surface area contributed by atoms with Crippen molar-refractivity contribution in [2.45, 2.75) is 32.4 Å². The summed E-state index contributed by atoms with van der Waals surface area (Å²) in [5.41, 5.74) is 8.21. The lowest BCUT2D eigenvalue weighted by Crippen LogP contribution is -2.43. The van der Waals surface area contributed by atoms with Crippen LogP contribution < -0.4 is 15.4 Å². The minimum atomic E-state index is -0.141. The van der Waals surface area contributed by atoms with E-state index in [4.69, 9.17) is 20.0 Å². The van der Waals surface area contributed by atoms with Crippen molar-refractivity contribution in [2.75, 3.05) is 18.4 Å². The number of aryl methyl sites for hydroxylation is 2. The highest BCUT2D eigenvalue weighted by Crippen LogP contribution is 2.34. The predicted molar refractivity (Wildman–Crippen MR) is 161 cm³/mol. The van der Waals surface area contributed by atoms with Gasteiger partial charge in [-0.25, -0.2) is 9.97 Å². The molecule has 0 radical (unpaired) electrons. The number of hydrogen-bond donors (Lipinski definition) is 2. The molecule has 7 nitrogen and oxygen atoms in total. The summed E-state index contributed by atoms with van der Waals surface area (Å²) in [7, 11) is 0. The Morgan fingerprint density at radius 3 is 2.41 bits per heavy atom. The molecule has 4 heterocycles. The number of fused-ring (bicyclic) bond motifs is 1. The van der Waals surface area contributed by atoms with E-state index in [0.29, 0.717) is 18.0 Å². The van der Waals surface area contributed by atoms with Crippen LogP contribution in [-0.2, 0) is 6.42 Å². The third kappa shape index (κ3) is 5.69. The van der Waals surface area contributed by atoms with Crippen LogP contribution in [0, 0.1) is 25.2 Å². The van der Waals surface area contributed by atoms with Gasteiger partial charge in [0.2, 0.25) is 5.88 Å². The summed E-state index contributed by atoms with van der Waals surface area (Å²) in [6, 6.07) is 30.7. The molecule has 3 aromatic heterocycles. The van der Waals surface area contributed by atoms with Crippen LogP contribution >= 0.6 is 0 Å². The van der Waals surface area contributed by atoms with Gasteiger partial charge in [0.25, 0.3) is 0 Å². The van der Waals surface area contributed by atoms with Crippen LogP contribution in [-0.4, -0.2) is 33.7 Å². The zero-order valence-corrected chi connectivity index (χ0v) is 23.2. The Balaban J connectivity index is 1.16. The molecule has 0 fully saturated rings. The van der Waals surface area contributed by atoms with Crippen LogP contribution in [0.15, 0.2) is 97.3 Å². The third-order valence-electron chi connectivity index (χ3n) is 7.58. The summed E-state index contributed by atoms with van der Waals surface area (Å²) in [5.74, 6) is 1.51. The Kier molecular flexibility index (Phi) is 7.48. The second-order valence-electron chi connectivity index (χ2n) is 10.4. The van der Waals surface area contributed by atoms with Gasteiger partial charge in [0.1, 0.15) is 11.9 Å². The number of rotatable bonds is 8. The molecule has 0 saturated heterocycles. The number of nitriles is 1. The molecule has 2 atom stereocenters. The fourth-order valence-corrected chi connectivity index (χ4v) is 5.37. The lowest BCUT2D eigenvalue weighted by molar-refractivity contribution is 0.150. The number of benzene rings is 2. The van der Waals surface area contributed by atoms with Crippen molar-refractivity contribution in [3.63, 3.8) is 0 Å². The molecular weight excluding hydrogens is 508 g/mol. The molecule has 204 valence electrons. The Hall–Kier alpha value is -4.93. The number of aromatic nitrogens is 3. The van der Waals surface area contributed by atoms with Gasteiger partial charge in [-0.3, -0.25) is 0 Å². The molecule has 1 aliphatic rings. The average molecular weight is 541 g/mol. The quantitative estimate of drug-likeness (QED) is 0.245. The molecular formula is C34H32N6O. The first-order valence-electron chi connectivity index (χ1n) is 13.9. The number of pyridine rings is 2. The molecule has 5 aromatic rings. The van der Waals surface area contributed by atoms with Gasteiger partial charge in [0, 0.05) is 34.9 Å². The number of hydrogen-bond acceptors (Lipinski definition) is 6. The zero-order chi connectivity index (χ0) is 28.2. The molecule has 7 heteroatoms. The van der Waals surface area contributed by atoms with Crippen molar-refractivity contribution >= 4 is 5.69 Å². The Morgan fingerprint density at radius 1 is 0.951 bits per heavy atom. The minimum Gasteiger partial charge on any atom is -0.469 e. The molecule has 1 aliphatic heterocycles. The minimum absolute atomic E-state index is 0.0194. The standard InChI is InChI=1S/C34H32N6O/c1-23-8-9-24(2)40(23)32-15-14-28(20-38-32)29-18-30-34(39-21-29)41-31(22-37-30)33(27-6-4-3-5-7-27)36-17-16-25-10-12-26(19-35)13-11-25/h3-15,18,20-21,31,33,36-37H,16-17,22H2,1-2H3/t31-,33+/m0/s1. The molecule has 0 bridgehead atoms. The van der Waals surface area contributed by atoms with Crippen LogP contribution in [0.5, 0.6) is 5.88 Å². The van der Waals surface area contributed by atoms with Gasteiger partial charge in [0.05, 0.1) is 29.9 Å². The predicted octanol–water partition coefficient (Wildman–Crippen LogP) is 6.17. The highest BCUT2D eigenvalue weighted by atomic mass is 16.5. The highest BCUT2D eigenvalue weighted by molar-refractivity contribution is 5.70. The maximum atomic E-state index is 9.06. The van der Waals surface area contributed by atoms with Crippen molar-refractivity contribution in [1.29, 1.82) is 5.26 Å². The van der Waals surface area contributed by atoms with Crippen LogP contribution in [0.3, 0.4) is 0 Å². The van der Waals surface area contributed by atoms with Crippen LogP contribution in [0.4, 0.5) is 5.69 Å². The van der Waals surface area contributed by atoms with Crippen LogP contribution in [0.1, 0.15) is 34.1 Å². The summed E-state index contributed by atoms with van der Waals surface area (Å²) >= 11 is 0. The van der Waals surface area contributed by atoms with E-state index in [-0.39, 0.29) is 12.1 Å². The SMILES string of the molecule is Cc1ccc(C)n1-c1ccc(-c2cnc3c(c2)NC[C@@H]([C@H](NCCc2ccc(C#N)cc2)c2ccccc2)O3)cn1. The molecule has 0 saturated carbocycles. The number of nitrogens with one attached hydrogen (secondary N) is 2. The molecule has 0 unspecified atom stereocenters. The van der Waals surface area contributed by atoms with Gasteiger partial charge in [-0.2, -0.15) is 5.26 Å². The first kappa shape index (κ1) is 26.3. The first-order chi connectivity index (χ1) is 20.1. The molecule has 2 N–H and O–H groups in total. The molecule has 2 aromatic carbocycles. The van der Waals surface area contributed by atoms with Gasteiger partial charge in [-0.15, -0.1) is 0 Å². The maximum Gasteiger partial charge on any atom is 0.237 e. The van der Waals surface area contributed by atoms with Crippen LogP contribution in [0.2, 0.25) is 0 Å². The van der Waals surface area contributed by atoms with Crippen molar-refractivity contribution in [2.24, 2.45) is 0 Å². The number of anilines is 1. The Labute approximate surface area is 240 Å². The second-order valence-corrected chi connectivity index (χ2v) is 10.4. The Bertz CT molecular complexity index is 1650. The molecule has 6 rings (SSSR count). The Morgan fingerprint density at radius 2 is 1.71 bits per heavy atom. The monoisotopic (exact) mass is 540 g/mol. The van der Waals surface area contributed by atoms with E-state index in [2.05, 4.69) is 83.6 Å². The molecule has 41 heavy (non-hydrogen) atoms. The van der Waals surface area contributed by atoms with E-state index in [9.17, 15) is 0 Å². The van der Waals surface area contributed by atoms with E-state index in [1.165, 1.54) is 11.1 Å². The van der Waals surface area contributed by atoms with Crippen molar-refractivity contribution in [1.82, 2.24) is 19.9 Å². The zero-order valence-electron chi connectivity index (χ0n) is 23.2. The number of nitrogens with zero attached hydrogens (tertiary/aromatic N) is 4. The van der Waals surface area contributed by atoms with E-state index >= 15 is 0 Å². The lowest BCUT2D eigenvalue weighted by atomic mass is 9.99. The third-order valence-corrected chi connectivity index (χ3v) is 7.58. The van der Waals surface area contributed by atoms with E-state index < -0.39 is 0 Å². The average Bonchev–Trinajstić information content (AvgIpc) is 3.37. The fraction of sp³-hybridized carbons (Fsp3) is 0.206. The summed E-state index contributed by atoms with van der Waals surface area (Å²) in [4.78, 5) is 9.41. The van der Waals surface area contributed by atoms with Crippen LogP contribution in [0.25, 0.3) is 16.9 Å². The van der Waals surface area contributed by atoms with E-state index in [1.807, 2.05) is 48.8 Å². The molecule has 0 amide bonds. The van der Waals surface area contributed by atoms with E-state index in [0.717, 1.165) is 47.0 Å². The maximum absolute atomic E-state index is 9.06. The lowest BCUT2D eigenvalue weighted by Gasteiger charge is -2.33. The summed E-state index contributed by atoms with van der Waals surface area (Å²) in [6.45, 7) is 5.59. The normalized spacial score (nSPS) is 14.8. The smallest absolute Gasteiger partial charge is 0.237 e. The topological polar surface area (TPSA) is 87.8 Å². The van der Waals surface area contributed by atoms with Gasteiger partial charge in [-0.1, -0.05) is 42.5 Å². The molecule has 0 aliphatic carbocycles.